The van der Waals surface area contributed by atoms with Crippen LogP contribution in [0.2, 0.25) is 0 Å². The van der Waals surface area contributed by atoms with Crippen molar-refractivity contribution in [2.45, 2.75) is 0 Å². The molecule has 0 aromatic carbocycles. The van der Waals surface area contributed by atoms with E-state index in [4.69, 9.17) is 0 Å². The largest absolute Gasteiger partial charge is 0.481 e. The third-order valence-electron chi connectivity index (χ3n) is 1.99. The lowest BCUT2D eigenvalue weighted by Gasteiger charge is -2.15. The maximum Gasteiger partial charge on any atom is 0.342 e. The van der Waals surface area contributed by atoms with Gasteiger partial charge < -0.3 is 24.1 Å². The Morgan fingerprint density at radius 2 is 1.28 bits per heavy atom. The molecule has 0 fully saturated rings. The van der Waals surface area contributed by atoms with E-state index in [1.807, 2.05) is 0 Å². The van der Waals surface area contributed by atoms with E-state index in [-0.39, 0.29) is 0 Å². The van der Waals surface area contributed by atoms with Gasteiger partial charge in [-0.1, -0.05) is 0 Å². The minimum atomic E-state index is -1.78. The van der Waals surface area contributed by atoms with E-state index in [1.54, 1.807) is 0 Å². The van der Waals surface area contributed by atoms with Crippen LogP contribution in [-0.2, 0) is 33.3 Å². The maximum atomic E-state index is 11.5. The van der Waals surface area contributed by atoms with Crippen LogP contribution in [0.25, 0.3) is 0 Å². The fourth-order valence-corrected chi connectivity index (χ4v) is 1.12. The summed E-state index contributed by atoms with van der Waals surface area (Å²) in [4.78, 5) is 34.4. The summed E-state index contributed by atoms with van der Waals surface area (Å²) in [5.74, 6) is -6.01. The highest BCUT2D eigenvalue weighted by Crippen LogP contribution is 2.20. The van der Waals surface area contributed by atoms with E-state index in [9.17, 15) is 19.5 Å². The highest BCUT2D eigenvalue weighted by Gasteiger charge is 2.40. The minimum Gasteiger partial charge on any atom is -0.481 e. The molecular weight excluding hydrogens is 248 g/mol. The van der Waals surface area contributed by atoms with Crippen molar-refractivity contribution in [1.82, 2.24) is 0 Å². The van der Waals surface area contributed by atoms with Gasteiger partial charge in [0, 0.05) is 0 Å². The van der Waals surface area contributed by atoms with Gasteiger partial charge in [-0.3, -0.25) is 9.59 Å². The van der Waals surface area contributed by atoms with Gasteiger partial charge in [0.05, 0.1) is 28.4 Å². The molecule has 0 aromatic rings. The fraction of sp³-hybridized carbons (Fsp3) is 0.500. The quantitative estimate of drug-likeness (QED) is 0.233. The Bertz CT molecular complexity index is 354. The number of esters is 3. The van der Waals surface area contributed by atoms with Crippen molar-refractivity contribution in [2.75, 3.05) is 28.4 Å². The van der Waals surface area contributed by atoms with Crippen molar-refractivity contribution in [2.24, 2.45) is 5.92 Å². The van der Waals surface area contributed by atoms with Gasteiger partial charge in [0.1, 0.15) is 5.57 Å². The Labute approximate surface area is 103 Å². The predicted octanol–water partition coefficient (Wildman–Crippen LogP) is -0.462. The first-order valence-corrected chi connectivity index (χ1v) is 4.65. The van der Waals surface area contributed by atoms with Crippen molar-refractivity contribution >= 4 is 17.9 Å². The lowest BCUT2D eigenvalue weighted by atomic mass is 10.00. The molecule has 0 saturated heterocycles. The van der Waals surface area contributed by atoms with Gasteiger partial charge in [-0.2, -0.15) is 0 Å². The van der Waals surface area contributed by atoms with Crippen LogP contribution in [0.1, 0.15) is 0 Å². The highest BCUT2D eigenvalue weighted by atomic mass is 16.6. The van der Waals surface area contributed by atoms with Crippen molar-refractivity contribution in [3.05, 3.63) is 11.5 Å². The number of aliphatic hydroxyl groups excluding tert-OH is 1. The van der Waals surface area contributed by atoms with Crippen molar-refractivity contribution in [3.63, 3.8) is 0 Å². The van der Waals surface area contributed by atoms with E-state index in [2.05, 4.69) is 18.9 Å². The van der Waals surface area contributed by atoms with Gasteiger partial charge in [-0.25, -0.2) is 4.79 Å². The second-order valence-electron chi connectivity index (χ2n) is 2.89. The summed E-state index contributed by atoms with van der Waals surface area (Å²) >= 11 is 0. The minimum absolute atomic E-state index is 0.696. The van der Waals surface area contributed by atoms with Crippen LogP contribution in [0.3, 0.4) is 0 Å². The number of carbonyl (C=O) groups excluding carboxylic acids is 3. The van der Waals surface area contributed by atoms with Gasteiger partial charge in [0.25, 0.3) is 5.95 Å². The second-order valence-corrected chi connectivity index (χ2v) is 2.89. The van der Waals surface area contributed by atoms with E-state index < -0.39 is 35.3 Å². The van der Waals surface area contributed by atoms with Crippen LogP contribution in [0, 0.1) is 5.92 Å². The molecule has 0 aliphatic carbocycles. The number of ether oxygens (including phenoxy) is 4. The van der Waals surface area contributed by atoms with Crippen LogP contribution in [0.5, 0.6) is 0 Å². The Hall–Kier alpha value is -2.25. The molecule has 0 bridgehead atoms. The molecule has 8 heteroatoms. The maximum absolute atomic E-state index is 11.5. The third kappa shape index (κ3) is 3.37. The van der Waals surface area contributed by atoms with Crippen LogP contribution < -0.4 is 0 Å². The molecule has 0 unspecified atom stereocenters. The number of methoxy groups -OCH3 is 4. The van der Waals surface area contributed by atoms with Crippen LogP contribution in [0.4, 0.5) is 0 Å². The zero-order chi connectivity index (χ0) is 14.3. The molecule has 8 nitrogen and oxygen atoms in total. The number of aliphatic hydroxyl groups is 1. The Morgan fingerprint density at radius 3 is 1.56 bits per heavy atom. The topological polar surface area (TPSA) is 108 Å². The SMILES string of the molecule is COC(=O)/C(=C(/O)OC)C(C(=O)OC)C(=O)OC. The first-order chi connectivity index (χ1) is 8.44. The van der Waals surface area contributed by atoms with Crippen molar-refractivity contribution in [1.29, 1.82) is 0 Å². The first-order valence-electron chi connectivity index (χ1n) is 4.65. The molecule has 0 heterocycles. The summed E-state index contributed by atoms with van der Waals surface area (Å²) in [7, 11) is 4.08. The van der Waals surface area contributed by atoms with Crippen LogP contribution in [-0.4, -0.2) is 51.5 Å². The van der Waals surface area contributed by atoms with Crippen LogP contribution >= 0.6 is 0 Å². The summed E-state index contributed by atoms with van der Waals surface area (Å²) < 4.78 is 17.5. The van der Waals surface area contributed by atoms with E-state index >= 15 is 0 Å². The first kappa shape index (κ1) is 15.8. The van der Waals surface area contributed by atoms with Crippen LogP contribution in [0.15, 0.2) is 11.5 Å². The van der Waals surface area contributed by atoms with Crippen molar-refractivity contribution in [3.8, 4) is 0 Å². The van der Waals surface area contributed by atoms with E-state index in [0.717, 1.165) is 28.4 Å². The molecule has 0 aliphatic heterocycles. The number of rotatable bonds is 5. The average molecular weight is 262 g/mol. The molecule has 0 saturated carbocycles. The molecule has 0 aromatic heterocycles. The van der Waals surface area contributed by atoms with Gasteiger partial charge >= 0.3 is 17.9 Å². The summed E-state index contributed by atoms with van der Waals surface area (Å²) in [5, 5.41) is 9.42. The normalized spacial score (nSPS) is 11.4. The zero-order valence-electron chi connectivity index (χ0n) is 10.4. The Kier molecular flexibility index (Phi) is 6.26. The third-order valence-corrected chi connectivity index (χ3v) is 1.99. The second kappa shape index (κ2) is 7.15. The molecular formula is C10H14O8. The molecule has 0 aliphatic rings. The molecule has 0 amide bonds. The van der Waals surface area contributed by atoms with Gasteiger partial charge in [-0.15, -0.1) is 0 Å². The lowest BCUT2D eigenvalue weighted by molar-refractivity contribution is -0.159. The summed E-state index contributed by atoms with van der Waals surface area (Å²) in [6.07, 6.45) is 0. The summed E-state index contributed by atoms with van der Waals surface area (Å²) in [6.45, 7) is 0. The Balaban J connectivity index is 5.72. The number of hydrogen-bond donors (Lipinski definition) is 1. The smallest absolute Gasteiger partial charge is 0.342 e. The lowest BCUT2D eigenvalue weighted by Crippen LogP contribution is -2.33. The molecule has 0 atom stereocenters. The molecule has 102 valence electrons. The van der Waals surface area contributed by atoms with Gasteiger partial charge in [0.2, 0.25) is 0 Å². The highest BCUT2D eigenvalue weighted by molar-refractivity contribution is 6.07. The number of carbonyl (C=O) groups is 3. The molecule has 1 N–H and O–H groups in total. The molecule has 0 rings (SSSR count). The predicted molar refractivity (Wildman–Crippen MR) is 56.2 cm³/mol. The molecule has 0 spiro atoms. The van der Waals surface area contributed by atoms with Gasteiger partial charge in [-0.05, 0) is 0 Å². The summed E-state index contributed by atoms with van der Waals surface area (Å²) in [6, 6.07) is 0. The standard InChI is InChI=1S/C10H14O8/c1-15-7(11)5(8(12)16-2)6(9(13)17-3)10(14)18-4/h5,13H,1-4H3/b9-6-. The summed E-state index contributed by atoms with van der Waals surface area (Å²) in [5.41, 5.74) is -0.696. The average Bonchev–Trinajstić information content (AvgIpc) is 2.41. The van der Waals surface area contributed by atoms with Gasteiger partial charge in [0.15, 0.2) is 5.92 Å². The fourth-order valence-electron chi connectivity index (χ4n) is 1.12. The zero-order valence-corrected chi connectivity index (χ0v) is 10.4. The molecule has 18 heavy (non-hydrogen) atoms. The Morgan fingerprint density at radius 1 is 0.833 bits per heavy atom. The number of hydrogen-bond acceptors (Lipinski definition) is 8. The monoisotopic (exact) mass is 262 g/mol. The molecule has 0 radical (unpaired) electrons. The van der Waals surface area contributed by atoms with Crippen molar-refractivity contribution < 1.29 is 38.4 Å². The van der Waals surface area contributed by atoms with E-state index in [1.165, 1.54) is 0 Å². The van der Waals surface area contributed by atoms with E-state index in [0.29, 0.717) is 0 Å².